The summed E-state index contributed by atoms with van der Waals surface area (Å²) >= 11 is 6.14. The standard InChI is InChI=1S/C12H11ClN6/c1-19-17-11(16-18-19)7-15-10-5-4-9(13)8-3-2-6-14-12(8)10/h2-6,15H,7H2,1H3. The molecule has 0 bridgehead atoms. The molecule has 0 saturated carbocycles. The van der Waals surface area contributed by atoms with E-state index in [1.165, 1.54) is 4.80 Å². The van der Waals surface area contributed by atoms with Crippen molar-refractivity contribution in [1.82, 2.24) is 25.2 Å². The first kappa shape index (κ1) is 11.9. The molecule has 3 aromatic rings. The highest BCUT2D eigenvalue weighted by molar-refractivity contribution is 6.35. The van der Waals surface area contributed by atoms with E-state index in [9.17, 15) is 0 Å². The maximum absolute atomic E-state index is 6.14. The minimum atomic E-state index is 0.487. The number of rotatable bonds is 3. The van der Waals surface area contributed by atoms with Crippen molar-refractivity contribution < 1.29 is 0 Å². The van der Waals surface area contributed by atoms with Crippen molar-refractivity contribution >= 4 is 28.2 Å². The van der Waals surface area contributed by atoms with Crippen LogP contribution >= 0.6 is 11.6 Å². The normalized spacial score (nSPS) is 10.8. The predicted octanol–water partition coefficient (Wildman–Crippen LogP) is 2.02. The summed E-state index contributed by atoms with van der Waals surface area (Å²) in [5.41, 5.74) is 1.73. The number of aryl methyl sites for hydroxylation is 1. The zero-order valence-electron chi connectivity index (χ0n) is 10.2. The molecule has 0 saturated heterocycles. The van der Waals surface area contributed by atoms with Crippen LogP contribution in [0.1, 0.15) is 5.82 Å². The second-order valence-electron chi connectivity index (χ2n) is 4.04. The third kappa shape index (κ3) is 2.34. The Kier molecular flexibility index (Phi) is 3.00. The molecule has 0 radical (unpaired) electrons. The molecule has 1 aromatic carbocycles. The minimum Gasteiger partial charge on any atom is -0.376 e. The van der Waals surface area contributed by atoms with Crippen molar-refractivity contribution in [2.45, 2.75) is 6.54 Å². The molecular formula is C12H11ClN6. The molecule has 0 amide bonds. The maximum atomic E-state index is 6.14. The van der Waals surface area contributed by atoms with Crippen LogP contribution < -0.4 is 5.32 Å². The van der Waals surface area contributed by atoms with E-state index in [1.54, 1.807) is 13.2 Å². The first-order valence-electron chi connectivity index (χ1n) is 5.74. The second kappa shape index (κ2) is 4.81. The fourth-order valence-corrected chi connectivity index (χ4v) is 2.06. The zero-order valence-corrected chi connectivity index (χ0v) is 11.0. The maximum Gasteiger partial charge on any atom is 0.193 e. The lowest BCUT2D eigenvalue weighted by atomic mass is 10.2. The van der Waals surface area contributed by atoms with E-state index in [4.69, 9.17) is 11.6 Å². The monoisotopic (exact) mass is 274 g/mol. The molecule has 2 heterocycles. The fourth-order valence-electron chi connectivity index (χ4n) is 1.85. The molecule has 1 N–H and O–H groups in total. The van der Waals surface area contributed by atoms with Gasteiger partial charge in [0.15, 0.2) is 5.82 Å². The zero-order chi connectivity index (χ0) is 13.2. The molecule has 3 rings (SSSR count). The second-order valence-corrected chi connectivity index (χ2v) is 4.45. The minimum absolute atomic E-state index is 0.487. The molecule has 0 aliphatic carbocycles. The predicted molar refractivity (Wildman–Crippen MR) is 72.9 cm³/mol. The van der Waals surface area contributed by atoms with Crippen molar-refractivity contribution in [3.8, 4) is 0 Å². The van der Waals surface area contributed by atoms with Gasteiger partial charge in [-0.15, -0.1) is 10.2 Å². The molecule has 0 unspecified atom stereocenters. The number of aromatic nitrogens is 5. The number of halogens is 1. The van der Waals surface area contributed by atoms with Gasteiger partial charge in [0, 0.05) is 11.6 Å². The number of nitrogens with one attached hydrogen (secondary N) is 1. The fraction of sp³-hybridized carbons (Fsp3) is 0.167. The van der Waals surface area contributed by atoms with Crippen molar-refractivity contribution in [2.24, 2.45) is 7.05 Å². The van der Waals surface area contributed by atoms with E-state index in [0.29, 0.717) is 17.4 Å². The van der Waals surface area contributed by atoms with Gasteiger partial charge >= 0.3 is 0 Å². The molecule has 0 aliphatic heterocycles. The van der Waals surface area contributed by atoms with Gasteiger partial charge in [0.25, 0.3) is 0 Å². The van der Waals surface area contributed by atoms with Gasteiger partial charge in [-0.05, 0) is 29.5 Å². The van der Waals surface area contributed by atoms with E-state index < -0.39 is 0 Å². The van der Waals surface area contributed by atoms with Crippen LogP contribution in [0, 0.1) is 0 Å². The molecule has 2 aromatic heterocycles. The van der Waals surface area contributed by atoms with Gasteiger partial charge in [-0.25, -0.2) is 0 Å². The van der Waals surface area contributed by atoms with Crippen LogP contribution in [0.3, 0.4) is 0 Å². The van der Waals surface area contributed by atoms with Gasteiger partial charge < -0.3 is 5.32 Å². The summed E-state index contributed by atoms with van der Waals surface area (Å²) < 4.78 is 0. The van der Waals surface area contributed by atoms with Gasteiger partial charge in [0.2, 0.25) is 0 Å². The Balaban J connectivity index is 1.91. The number of fused-ring (bicyclic) bond motifs is 1. The average Bonchev–Trinajstić information content (AvgIpc) is 2.84. The van der Waals surface area contributed by atoms with Gasteiger partial charge in [-0.1, -0.05) is 11.6 Å². The Hall–Kier alpha value is -2.21. The topological polar surface area (TPSA) is 68.5 Å². The van der Waals surface area contributed by atoms with Crippen molar-refractivity contribution in [3.05, 3.63) is 41.3 Å². The van der Waals surface area contributed by atoms with Gasteiger partial charge in [-0.3, -0.25) is 4.98 Å². The quantitative estimate of drug-likeness (QED) is 0.791. The van der Waals surface area contributed by atoms with Crippen LogP contribution in [0.25, 0.3) is 10.9 Å². The highest BCUT2D eigenvalue weighted by Gasteiger charge is 2.06. The lowest BCUT2D eigenvalue weighted by Gasteiger charge is -2.08. The Bertz CT molecular complexity index is 723. The first-order chi connectivity index (χ1) is 9.24. The van der Waals surface area contributed by atoms with Crippen molar-refractivity contribution in [1.29, 1.82) is 0 Å². The molecule has 0 aliphatic rings. The molecular weight excluding hydrogens is 264 g/mol. The van der Waals surface area contributed by atoms with Gasteiger partial charge in [-0.2, -0.15) is 4.80 Å². The van der Waals surface area contributed by atoms with Crippen molar-refractivity contribution in [3.63, 3.8) is 0 Å². The summed E-state index contributed by atoms with van der Waals surface area (Å²) in [7, 11) is 1.73. The number of pyridine rings is 1. The molecule has 6 nitrogen and oxygen atoms in total. The summed E-state index contributed by atoms with van der Waals surface area (Å²) in [5, 5.41) is 16.7. The number of nitrogens with zero attached hydrogens (tertiary/aromatic N) is 5. The van der Waals surface area contributed by atoms with E-state index in [0.717, 1.165) is 16.6 Å². The van der Waals surface area contributed by atoms with E-state index in [1.807, 2.05) is 24.3 Å². The molecule has 96 valence electrons. The number of hydrogen-bond acceptors (Lipinski definition) is 5. The van der Waals surface area contributed by atoms with Crippen LogP contribution in [0.2, 0.25) is 5.02 Å². The highest BCUT2D eigenvalue weighted by atomic mass is 35.5. The lowest BCUT2D eigenvalue weighted by Crippen LogP contribution is -2.03. The number of benzene rings is 1. The Morgan fingerprint density at radius 1 is 1.32 bits per heavy atom. The average molecular weight is 275 g/mol. The Morgan fingerprint density at radius 3 is 3.00 bits per heavy atom. The number of hydrogen-bond donors (Lipinski definition) is 1. The number of tetrazole rings is 1. The van der Waals surface area contributed by atoms with Crippen LogP contribution in [-0.2, 0) is 13.6 Å². The Morgan fingerprint density at radius 2 is 2.21 bits per heavy atom. The van der Waals surface area contributed by atoms with Crippen LogP contribution in [0.5, 0.6) is 0 Å². The van der Waals surface area contributed by atoms with Crippen LogP contribution in [0.15, 0.2) is 30.5 Å². The summed E-state index contributed by atoms with van der Waals surface area (Å²) in [4.78, 5) is 5.78. The Labute approximate surface area is 114 Å². The third-order valence-electron chi connectivity index (χ3n) is 2.70. The SMILES string of the molecule is Cn1nnc(CNc2ccc(Cl)c3cccnc23)n1. The number of anilines is 1. The summed E-state index contributed by atoms with van der Waals surface area (Å²) in [6.45, 7) is 0.487. The largest absolute Gasteiger partial charge is 0.376 e. The molecule has 0 atom stereocenters. The van der Waals surface area contributed by atoms with Gasteiger partial charge in [0.1, 0.15) is 0 Å². The summed E-state index contributed by atoms with van der Waals surface area (Å²) in [6, 6.07) is 7.55. The van der Waals surface area contributed by atoms with Crippen LogP contribution in [0.4, 0.5) is 5.69 Å². The molecule has 0 fully saturated rings. The summed E-state index contributed by atoms with van der Waals surface area (Å²) in [5.74, 6) is 0.626. The van der Waals surface area contributed by atoms with Gasteiger partial charge in [0.05, 0.1) is 29.8 Å². The first-order valence-corrected chi connectivity index (χ1v) is 6.12. The summed E-state index contributed by atoms with van der Waals surface area (Å²) in [6.07, 6.45) is 1.74. The highest BCUT2D eigenvalue weighted by Crippen LogP contribution is 2.27. The van der Waals surface area contributed by atoms with E-state index in [2.05, 4.69) is 25.7 Å². The third-order valence-corrected chi connectivity index (χ3v) is 3.03. The molecule has 7 heteroatoms. The van der Waals surface area contributed by atoms with Crippen molar-refractivity contribution in [2.75, 3.05) is 5.32 Å². The molecule has 0 spiro atoms. The smallest absolute Gasteiger partial charge is 0.193 e. The van der Waals surface area contributed by atoms with Crippen LogP contribution in [-0.4, -0.2) is 25.2 Å². The van der Waals surface area contributed by atoms with E-state index in [-0.39, 0.29) is 0 Å². The molecule has 19 heavy (non-hydrogen) atoms. The van der Waals surface area contributed by atoms with E-state index >= 15 is 0 Å². The lowest BCUT2D eigenvalue weighted by molar-refractivity contribution is 0.628.